The summed E-state index contributed by atoms with van der Waals surface area (Å²) < 4.78 is 11.1. The van der Waals surface area contributed by atoms with Gasteiger partial charge in [0.2, 0.25) is 0 Å². The predicted octanol–water partition coefficient (Wildman–Crippen LogP) is 1.96. The summed E-state index contributed by atoms with van der Waals surface area (Å²) in [6, 6.07) is 6.45. The van der Waals surface area contributed by atoms with Gasteiger partial charge in [0, 0.05) is 24.6 Å². The van der Waals surface area contributed by atoms with Gasteiger partial charge in [-0.1, -0.05) is 19.1 Å². The van der Waals surface area contributed by atoms with Crippen LogP contribution in [0.5, 0.6) is 5.75 Å². The van der Waals surface area contributed by atoms with E-state index in [1.54, 1.807) is 7.11 Å². The highest BCUT2D eigenvalue weighted by Gasteiger charge is 2.18. The Labute approximate surface area is 103 Å². The average molecular weight is 235 g/mol. The molecule has 2 rings (SSSR count). The molecule has 94 valence electrons. The fraction of sp³-hybridized carbons (Fsp3) is 0.571. The average Bonchev–Trinajstić information content (AvgIpc) is 2.66. The van der Waals surface area contributed by atoms with Crippen molar-refractivity contribution in [3.63, 3.8) is 0 Å². The number of hydrogen-bond donors (Lipinski definition) is 1. The highest BCUT2D eigenvalue weighted by atomic mass is 16.5. The minimum atomic E-state index is 0.388. The number of hydrogen-bond acceptors (Lipinski definition) is 3. The molecule has 3 heteroatoms. The molecular weight excluding hydrogens is 214 g/mol. The minimum Gasteiger partial charge on any atom is -0.496 e. The van der Waals surface area contributed by atoms with E-state index in [4.69, 9.17) is 9.47 Å². The third-order valence-corrected chi connectivity index (χ3v) is 3.28. The van der Waals surface area contributed by atoms with E-state index in [0.717, 1.165) is 38.5 Å². The Morgan fingerprint density at radius 3 is 3.12 bits per heavy atom. The number of rotatable bonds is 3. The Balaban J connectivity index is 2.26. The maximum Gasteiger partial charge on any atom is 0.122 e. The molecule has 1 unspecified atom stereocenters. The molecule has 0 saturated carbocycles. The van der Waals surface area contributed by atoms with Crippen LogP contribution in [0.1, 0.15) is 24.0 Å². The molecule has 1 aliphatic heterocycles. The normalized spacial score (nSPS) is 20.9. The van der Waals surface area contributed by atoms with E-state index in [-0.39, 0.29) is 0 Å². The Morgan fingerprint density at radius 2 is 2.35 bits per heavy atom. The Hall–Kier alpha value is -1.06. The molecule has 0 aromatic heterocycles. The molecule has 0 amide bonds. The minimum absolute atomic E-state index is 0.388. The lowest BCUT2D eigenvalue weighted by Gasteiger charge is -2.18. The Kier molecular flexibility index (Phi) is 4.40. The number of ether oxygens (including phenoxy) is 2. The summed E-state index contributed by atoms with van der Waals surface area (Å²) in [5.74, 6) is 1.36. The molecule has 1 heterocycles. The van der Waals surface area contributed by atoms with Crippen LogP contribution in [0.25, 0.3) is 0 Å². The van der Waals surface area contributed by atoms with Crippen LogP contribution in [0.3, 0.4) is 0 Å². The van der Waals surface area contributed by atoms with Gasteiger partial charge in [0.25, 0.3) is 0 Å². The van der Waals surface area contributed by atoms with Crippen molar-refractivity contribution in [2.24, 2.45) is 0 Å². The largest absolute Gasteiger partial charge is 0.496 e. The van der Waals surface area contributed by atoms with Gasteiger partial charge in [-0.2, -0.15) is 0 Å². The van der Waals surface area contributed by atoms with Crippen LogP contribution >= 0.6 is 0 Å². The van der Waals surface area contributed by atoms with E-state index in [9.17, 15) is 0 Å². The summed E-state index contributed by atoms with van der Waals surface area (Å²) in [6.45, 7) is 5.64. The third-order valence-electron chi connectivity index (χ3n) is 3.28. The number of aryl methyl sites for hydroxylation is 1. The van der Waals surface area contributed by atoms with Gasteiger partial charge in [-0.3, -0.25) is 0 Å². The lowest BCUT2D eigenvalue weighted by atomic mass is 9.96. The van der Waals surface area contributed by atoms with E-state index < -0.39 is 0 Å². The van der Waals surface area contributed by atoms with Crippen molar-refractivity contribution in [2.45, 2.75) is 19.3 Å². The molecule has 1 aromatic carbocycles. The first-order valence-corrected chi connectivity index (χ1v) is 6.30. The van der Waals surface area contributed by atoms with Gasteiger partial charge in [-0.15, -0.1) is 0 Å². The standard InChI is InChI=1S/C14H21NO2/c1-3-11-4-5-14(16-2)13(8-11)12-9-15-6-7-17-10-12/h4-5,8,12,15H,3,6-7,9-10H2,1-2H3. The molecule has 1 saturated heterocycles. The molecule has 1 atom stereocenters. The second-order valence-electron chi connectivity index (χ2n) is 4.41. The van der Waals surface area contributed by atoms with Crippen molar-refractivity contribution in [3.05, 3.63) is 29.3 Å². The molecule has 1 fully saturated rings. The fourth-order valence-corrected chi connectivity index (χ4v) is 2.23. The van der Waals surface area contributed by atoms with Crippen LogP contribution in [0, 0.1) is 0 Å². The molecule has 0 bridgehead atoms. The topological polar surface area (TPSA) is 30.5 Å². The SMILES string of the molecule is CCc1ccc(OC)c(C2CNCCOC2)c1. The van der Waals surface area contributed by atoms with Gasteiger partial charge in [0.15, 0.2) is 0 Å². The smallest absolute Gasteiger partial charge is 0.122 e. The summed E-state index contributed by atoms with van der Waals surface area (Å²) in [5.41, 5.74) is 2.62. The summed E-state index contributed by atoms with van der Waals surface area (Å²) in [5, 5.41) is 3.40. The van der Waals surface area contributed by atoms with Crippen molar-refractivity contribution in [2.75, 3.05) is 33.4 Å². The third kappa shape index (κ3) is 2.99. The summed E-state index contributed by atoms with van der Waals surface area (Å²) in [4.78, 5) is 0. The summed E-state index contributed by atoms with van der Waals surface area (Å²) in [6.07, 6.45) is 1.05. The number of nitrogens with one attached hydrogen (secondary N) is 1. The van der Waals surface area contributed by atoms with Crippen molar-refractivity contribution >= 4 is 0 Å². The maximum absolute atomic E-state index is 5.62. The number of benzene rings is 1. The van der Waals surface area contributed by atoms with Gasteiger partial charge in [-0.25, -0.2) is 0 Å². The monoisotopic (exact) mass is 235 g/mol. The zero-order valence-electron chi connectivity index (χ0n) is 10.7. The Morgan fingerprint density at radius 1 is 1.47 bits per heavy atom. The van der Waals surface area contributed by atoms with E-state index >= 15 is 0 Å². The molecule has 0 radical (unpaired) electrons. The zero-order valence-corrected chi connectivity index (χ0v) is 10.7. The molecule has 1 N–H and O–H groups in total. The van der Waals surface area contributed by atoms with Gasteiger partial charge in [0.1, 0.15) is 5.75 Å². The first-order valence-electron chi connectivity index (χ1n) is 6.30. The Bertz CT molecular complexity index is 357. The molecule has 17 heavy (non-hydrogen) atoms. The second-order valence-corrected chi connectivity index (χ2v) is 4.41. The van der Waals surface area contributed by atoms with Gasteiger partial charge in [0.05, 0.1) is 20.3 Å². The van der Waals surface area contributed by atoms with E-state index in [1.165, 1.54) is 11.1 Å². The van der Waals surface area contributed by atoms with Crippen molar-refractivity contribution in [3.8, 4) is 5.75 Å². The van der Waals surface area contributed by atoms with Gasteiger partial charge >= 0.3 is 0 Å². The first-order chi connectivity index (χ1) is 8.35. The summed E-state index contributed by atoms with van der Waals surface area (Å²) in [7, 11) is 1.73. The number of methoxy groups -OCH3 is 1. The molecule has 1 aliphatic rings. The predicted molar refractivity (Wildman–Crippen MR) is 68.8 cm³/mol. The van der Waals surface area contributed by atoms with Crippen LogP contribution in [0.4, 0.5) is 0 Å². The van der Waals surface area contributed by atoms with Crippen molar-refractivity contribution < 1.29 is 9.47 Å². The lowest BCUT2D eigenvalue weighted by molar-refractivity contribution is 0.140. The summed E-state index contributed by atoms with van der Waals surface area (Å²) >= 11 is 0. The molecule has 1 aromatic rings. The van der Waals surface area contributed by atoms with E-state index in [1.807, 2.05) is 0 Å². The second kappa shape index (κ2) is 6.03. The first kappa shape index (κ1) is 12.4. The van der Waals surface area contributed by atoms with Gasteiger partial charge in [-0.05, 0) is 18.1 Å². The molecular formula is C14H21NO2. The van der Waals surface area contributed by atoms with Crippen molar-refractivity contribution in [1.82, 2.24) is 5.32 Å². The van der Waals surface area contributed by atoms with E-state index in [0.29, 0.717) is 5.92 Å². The molecule has 0 aliphatic carbocycles. The zero-order chi connectivity index (χ0) is 12.1. The lowest BCUT2D eigenvalue weighted by Crippen LogP contribution is -2.22. The molecule has 0 spiro atoms. The van der Waals surface area contributed by atoms with Crippen LogP contribution in [-0.2, 0) is 11.2 Å². The van der Waals surface area contributed by atoms with Crippen LogP contribution < -0.4 is 10.1 Å². The quantitative estimate of drug-likeness (QED) is 0.868. The van der Waals surface area contributed by atoms with Crippen LogP contribution in [0.2, 0.25) is 0 Å². The maximum atomic E-state index is 5.62. The van der Waals surface area contributed by atoms with E-state index in [2.05, 4.69) is 30.4 Å². The van der Waals surface area contributed by atoms with Gasteiger partial charge < -0.3 is 14.8 Å². The fourth-order valence-electron chi connectivity index (χ4n) is 2.23. The molecule has 3 nitrogen and oxygen atoms in total. The van der Waals surface area contributed by atoms with Crippen LogP contribution in [0.15, 0.2) is 18.2 Å². The van der Waals surface area contributed by atoms with Crippen molar-refractivity contribution in [1.29, 1.82) is 0 Å². The highest BCUT2D eigenvalue weighted by molar-refractivity contribution is 5.40. The highest BCUT2D eigenvalue weighted by Crippen LogP contribution is 2.28. The van der Waals surface area contributed by atoms with Crippen LogP contribution in [-0.4, -0.2) is 33.4 Å².